The number of nitrogens with one attached hydrogen (secondary N) is 1. The van der Waals surface area contributed by atoms with Gasteiger partial charge in [-0.1, -0.05) is 0 Å². The molecule has 0 saturated heterocycles. The van der Waals surface area contributed by atoms with Gasteiger partial charge in [-0.2, -0.15) is 0 Å². The van der Waals surface area contributed by atoms with Crippen LogP contribution in [0.4, 0.5) is 5.69 Å². The van der Waals surface area contributed by atoms with Crippen molar-refractivity contribution in [3.63, 3.8) is 0 Å². The Balaban J connectivity index is 2.53. The third-order valence-corrected chi connectivity index (χ3v) is 3.96. The highest BCUT2D eigenvalue weighted by Crippen LogP contribution is 2.20. The maximum atomic E-state index is 12.0. The van der Waals surface area contributed by atoms with E-state index in [1.807, 2.05) is 0 Å². The van der Waals surface area contributed by atoms with Crippen LogP contribution in [0.15, 0.2) is 22.7 Å². The number of carbonyl (C=O) groups is 1. The number of rotatable bonds is 6. The van der Waals surface area contributed by atoms with Crippen LogP contribution in [-0.2, 0) is 0 Å². The van der Waals surface area contributed by atoms with E-state index in [9.17, 15) is 4.79 Å². The van der Waals surface area contributed by atoms with Crippen LogP contribution in [0.1, 0.15) is 38.1 Å². The predicted octanol–water partition coefficient (Wildman–Crippen LogP) is 2.88. The highest BCUT2D eigenvalue weighted by Gasteiger charge is 2.13. The molecule has 0 saturated carbocycles. The lowest BCUT2D eigenvalue weighted by Gasteiger charge is -2.30. The van der Waals surface area contributed by atoms with E-state index in [0.717, 1.165) is 11.0 Å². The van der Waals surface area contributed by atoms with Crippen molar-refractivity contribution in [1.82, 2.24) is 10.2 Å². The lowest BCUT2D eigenvalue weighted by atomic mass is 10.2. The predicted molar refractivity (Wildman–Crippen MR) is 87.9 cm³/mol. The Morgan fingerprint density at radius 3 is 2.40 bits per heavy atom. The molecular weight excluding hydrogens is 318 g/mol. The highest BCUT2D eigenvalue weighted by atomic mass is 79.9. The van der Waals surface area contributed by atoms with Crippen LogP contribution in [-0.4, -0.2) is 36.0 Å². The zero-order valence-corrected chi connectivity index (χ0v) is 14.2. The average Bonchev–Trinajstić information content (AvgIpc) is 2.36. The first-order chi connectivity index (χ1) is 9.32. The fourth-order valence-corrected chi connectivity index (χ4v) is 2.44. The molecule has 1 rings (SSSR count). The summed E-state index contributed by atoms with van der Waals surface area (Å²) in [6, 6.07) is 6.17. The molecule has 0 atom stereocenters. The second kappa shape index (κ2) is 7.64. The van der Waals surface area contributed by atoms with Crippen LogP contribution in [0.25, 0.3) is 0 Å². The van der Waals surface area contributed by atoms with Crippen LogP contribution < -0.4 is 11.1 Å². The summed E-state index contributed by atoms with van der Waals surface area (Å²) >= 11 is 3.32. The standard InChI is InChI=1S/C15H24BrN3O/c1-10(2)19(11(3)4)8-7-18-15(20)12-5-6-13(16)14(17)9-12/h5-6,9-11H,7-8,17H2,1-4H3,(H,18,20). The molecule has 1 aromatic carbocycles. The molecule has 112 valence electrons. The van der Waals surface area contributed by atoms with Gasteiger partial charge in [0.2, 0.25) is 0 Å². The van der Waals surface area contributed by atoms with Gasteiger partial charge in [0.15, 0.2) is 0 Å². The van der Waals surface area contributed by atoms with Crippen molar-refractivity contribution in [3.05, 3.63) is 28.2 Å². The second-order valence-corrected chi connectivity index (χ2v) is 6.27. The molecule has 3 N–H and O–H groups in total. The number of nitrogens with zero attached hydrogens (tertiary/aromatic N) is 1. The summed E-state index contributed by atoms with van der Waals surface area (Å²) in [6.07, 6.45) is 0. The number of benzene rings is 1. The molecule has 0 aliphatic rings. The zero-order valence-electron chi connectivity index (χ0n) is 12.6. The van der Waals surface area contributed by atoms with Crippen LogP contribution in [0.5, 0.6) is 0 Å². The number of halogens is 1. The van der Waals surface area contributed by atoms with E-state index in [1.54, 1.807) is 18.2 Å². The summed E-state index contributed by atoms with van der Waals surface area (Å²) in [6.45, 7) is 10.1. The fraction of sp³-hybridized carbons (Fsp3) is 0.533. The van der Waals surface area contributed by atoms with Gasteiger partial charge in [-0.05, 0) is 61.8 Å². The summed E-state index contributed by atoms with van der Waals surface area (Å²) in [5.74, 6) is -0.0864. The molecule has 5 heteroatoms. The number of carbonyl (C=O) groups excluding carboxylic acids is 1. The van der Waals surface area contributed by atoms with Crippen molar-refractivity contribution < 1.29 is 4.79 Å². The molecule has 20 heavy (non-hydrogen) atoms. The molecule has 0 heterocycles. The molecule has 4 nitrogen and oxygen atoms in total. The monoisotopic (exact) mass is 341 g/mol. The summed E-state index contributed by atoms with van der Waals surface area (Å²) in [4.78, 5) is 14.4. The van der Waals surface area contributed by atoms with E-state index in [2.05, 4.69) is 53.8 Å². The summed E-state index contributed by atoms with van der Waals surface area (Å²) in [7, 11) is 0. The molecule has 0 aliphatic heterocycles. The minimum absolute atomic E-state index is 0.0864. The van der Waals surface area contributed by atoms with Gasteiger partial charge in [0.25, 0.3) is 5.91 Å². The molecule has 0 aromatic heterocycles. The topological polar surface area (TPSA) is 58.4 Å². The van der Waals surface area contributed by atoms with E-state index in [0.29, 0.717) is 29.9 Å². The van der Waals surface area contributed by atoms with Crippen molar-refractivity contribution in [1.29, 1.82) is 0 Å². The van der Waals surface area contributed by atoms with E-state index < -0.39 is 0 Å². The van der Waals surface area contributed by atoms with Gasteiger partial charge >= 0.3 is 0 Å². The van der Waals surface area contributed by atoms with Gasteiger partial charge < -0.3 is 11.1 Å². The van der Waals surface area contributed by atoms with Gasteiger partial charge in [-0.15, -0.1) is 0 Å². The number of nitrogens with two attached hydrogens (primary N) is 1. The van der Waals surface area contributed by atoms with E-state index in [-0.39, 0.29) is 5.91 Å². The number of nitrogen functional groups attached to an aromatic ring is 1. The zero-order chi connectivity index (χ0) is 15.3. The first kappa shape index (κ1) is 17.0. The fourth-order valence-electron chi connectivity index (χ4n) is 2.20. The minimum atomic E-state index is -0.0864. The number of anilines is 1. The van der Waals surface area contributed by atoms with Gasteiger partial charge in [-0.3, -0.25) is 9.69 Å². The van der Waals surface area contributed by atoms with E-state index >= 15 is 0 Å². The van der Waals surface area contributed by atoms with Crippen molar-refractivity contribution in [3.8, 4) is 0 Å². The van der Waals surface area contributed by atoms with Gasteiger partial charge in [0, 0.05) is 40.9 Å². The lowest BCUT2D eigenvalue weighted by molar-refractivity contribution is 0.0939. The molecule has 0 unspecified atom stereocenters. The van der Waals surface area contributed by atoms with Gasteiger partial charge in [0.1, 0.15) is 0 Å². The Hall–Kier alpha value is -1.07. The molecule has 0 spiro atoms. The molecule has 0 fully saturated rings. The first-order valence-corrected chi connectivity index (χ1v) is 7.71. The average molecular weight is 342 g/mol. The third kappa shape index (κ3) is 4.80. The Morgan fingerprint density at radius 1 is 1.30 bits per heavy atom. The Bertz CT molecular complexity index is 452. The summed E-state index contributed by atoms with van der Waals surface area (Å²) < 4.78 is 0.805. The molecule has 0 bridgehead atoms. The lowest BCUT2D eigenvalue weighted by Crippen LogP contribution is -2.42. The van der Waals surface area contributed by atoms with Gasteiger partial charge in [0.05, 0.1) is 0 Å². The van der Waals surface area contributed by atoms with Crippen LogP contribution in [0.2, 0.25) is 0 Å². The highest BCUT2D eigenvalue weighted by molar-refractivity contribution is 9.10. The van der Waals surface area contributed by atoms with E-state index in [4.69, 9.17) is 5.73 Å². The van der Waals surface area contributed by atoms with Crippen LogP contribution in [0, 0.1) is 0 Å². The molecular formula is C15H24BrN3O. The van der Waals surface area contributed by atoms with E-state index in [1.165, 1.54) is 0 Å². The van der Waals surface area contributed by atoms with Crippen molar-refractivity contribution >= 4 is 27.5 Å². The third-order valence-electron chi connectivity index (χ3n) is 3.24. The Labute approximate surface area is 129 Å². The number of amides is 1. The Morgan fingerprint density at radius 2 is 1.90 bits per heavy atom. The first-order valence-electron chi connectivity index (χ1n) is 6.92. The largest absolute Gasteiger partial charge is 0.398 e. The summed E-state index contributed by atoms with van der Waals surface area (Å²) in [5.41, 5.74) is 6.94. The second-order valence-electron chi connectivity index (χ2n) is 5.42. The smallest absolute Gasteiger partial charge is 0.251 e. The van der Waals surface area contributed by atoms with Crippen LogP contribution in [0.3, 0.4) is 0 Å². The van der Waals surface area contributed by atoms with Crippen molar-refractivity contribution in [2.45, 2.75) is 39.8 Å². The SMILES string of the molecule is CC(C)N(CCNC(=O)c1ccc(Br)c(N)c1)C(C)C. The van der Waals surface area contributed by atoms with Crippen molar-refractivity contribution in [2.75, 3.05) is 18.8 Å². The molecule has 0 aliphatic carbocycles. The maximum absolute atomic E-state index is 12.0. The number of hydrogen-bond donors (Lipinski definition) is 2. The van der Waals surface area contributed by atoms with Crippen LogP contribution >= 0.6 is 15.9 Å². The quantitative estimate of drug-likeness (QED) is 0.782. The summed E-state index contributed by atoms with van der Waals surface area (Å²) in [5, 5.41) is 2.93. The van der Waals surface area contributed by atoms with Gasteiger partial charge in [-0.25, -0.2) is 0 Å². The Kier molecular flexibility index (Phi) is 6.49. The maximum Gasteiger partial charge on any atom is 0.251 e. The molecule has 1 aromatic rings. The minimum Gasteiger partial charge on any atom is -0.398 e. The van der Waals surface area contributed by atoms with Crippen molar-refractivity contribution in [2.24, 2.45) is 0 Å². The molecule has 0 radical (unpaired) electrons. The normalized spacial score (nSPS) is 11.4. The number of hydrogen-bond acceptors (Lipinski definition) is 3. The molecule has 1 amide bonds.